The van der Waals surface area contributed by atoms with E-state index in [2.05, 4.69) is 21.3 Å². The van der Waals surface area contributed by atoms with Gasteiger partial charge in [0.1, 0.15) is 0 Å². The summed E-state index contributed by atoms with van der Waals surface area (Å²) in [7, 11) is 0. The van der Waals surface area contributed by atoms with Crippen LogP contribution in [0.3, 0.4) is 0 Å². The number of nitrogens with zero attached hydrogens (tertiary/aromatic N) is 10. The topological polar surface area (TPSA) is 561 Å². The molecule has 1 aliphatic rings. The van der Waals surface area contributed by atoms with Crippen molar-refractivity contribution in [2.45, 2.75) is 174 Å². The molecule has 41 heteroatoms. The van der Waals surface area contributed by atoms with Crippen molar-refractivity contribution in [2.24, 2.45) is 11.5 Å². The monoisotopic (exact) mass is 1560 g/mol. The molecule has 0 bridgehead atoms. The molecule has 1 atom stereocenters. The van der Waals surface area contributed by atoms with Crippen LogP contribution in [-0.2, 0) is 81.4 Å². The number of carboxylic acid groups (broad SMARTS) is 4. The Labute approximate surface area is 636 Å². The highest BCUT2D eigenvalue weighted by Crippen LogP contribution is 2.23. The normalized spacial score (nSPS) is 13.7. The highest BCUT2D eigenvalue weighted by atomic mass is 16.7. The van der Waals surface area contributed by atoms with Gasteiger partial charge in [-0.2, -0.15) is 0 Å². The van der Waals surface area contributed by atoms with E-state index in [1.165, 1.54) is 25.7 Å². The van der Waals surface area contributed by atoms with Gasteiger partial charge in [0.05, 0.1) is 71.7 Å². The Bertz CT molecular complexity index is 2730. The van der Waals surface area contributed by atoms with E-state index >= 15 is 0 Å². The lowest BCUT2D eigenvalue weighted by molar-refractivity contribution is -0.273. The zero-order valence-electron chi connectivity index (χ0n) is 63.9. The van der Waals surface area contributed by atoms with Crippen molar-refractivity contribution in [1.29, 1.82) is 0 Å². The minimum absolute atomic E-state index is 0.00141. The smallest absolute Gasteiger partial charge is 0.317 e. The highest BCUT2D eigenvalue weighted by molar-refractivity contribution is 5.85. The molecule has 1 saturated heterocycles. The fourth-order valence-electron chi connectivity index (χ4n) is 11.0. The predicted molar refractivity (Wildman–Crippen MR) is 387 cm³/mol. The summed E-state index contributed by atoms with van der Waals surface area (Å²) in [6.45, 7) is 6.38. The molecule has 0 saturated carbocycles. The third-order valence-corrected chi connectivity index (χ3v) is 17.1. The van der Waals surface area contributed by atoms with E-state index in [-0.39, 0.29) is 246 Å². The number of amides is 10. The summed E-state index contributed by atoms with van der Waals surface area (Å²) in [5, 5.41) is 92.2. The van der Waals surface area contributed by atoms with Crippen LogP contribution in [0.4, 0.5) is 0 Å². The van der Waals surface area contributed by atoms with E-state index in [9.17, 15) is 103 Å². The summed E-state index contributed by atoms with van der Waals surface area (Å²) >= 11 is 0. The molecule has 0 aromatic rings. The van der Waals surface area contributed by atoms with Crippen LogP contribution in [0.5, 0.6) is 0 Å². The van der Waals surface area contributed by atoms with Crippen LogP contribution in [-0.4, -0.2) is 363 Å². The molecule has 0 aliphatic carbocycles. The zero-order valence-corrected chi connectivity index (χ0v) is 63.9. The van der Waals surface area contributed by atoms with Gasteiger partial charge in [-0.1, -0.05) is 0 Å². The summed E-state index contributed by atoms with van der Waals surface area (Å²) < 4.78 is 10.9. The summed E-state index contributed by atoms with van der Waals surface area (Å²) in [6.07, 6.45) is 3.45. The van der Waals surface area contributed by atoms with Gasteiger partial charge in [0, 0.05) is 170 Å². The van der Waals surface area contributed by atoms with Gasteiger partial charge in [0.15, 0.2) is 5.72 Å². The van der Waals surface area contributed by atoms with Crippen molar-refractivity contribution < 1.29 is 123 Å². The molecule has 0 radical (unpaired) electrons. The third kappa shape index (κ3) is 50.5. The van der Waals surface area contributed by atoms with E-state index in [1.807, 2.05) is 0 Å². The Hall–Kier alpha value is -7.94. The summed E-state index contributed by atoms with van der Waals surface area (Å²) in [5.41, 5.74) is 10.1. The van der Waals surface area contributed by atoms with Crippen LogP contribution >= 0.6 is 0 Å². The molecule has 10 amide bonds. The van der Waals surface area contributed by atoms with Crippen molar-refractivity contribution in [1.82, 2.24) is 71.1 Å². The van der Waals surface area contributed by atoms with Crippen molar-refractivity contribution in [3.63, 3.8) is 0 Å². The van der Waals surface area contributed by atoms with Crippen LogP contribution in [0, 0.1) is 0 Å². The van der Waals surface area contributed by atoms with E-state index in [1.54, 1.807) is 19.6 Å². The Morgan fingerprint density at radius 3 is 1.30 bits per heavy atom. The van der Waals surface area contributed by atoms with Gasteiger partial charge in [0.25, 0.3) is 0 Å². The quantitative estimate of drug-likeness (QED) is 0.0137. The number of rotatable bonds is 60. The number of aliphatic carboxylic acids is 4. The number of carbonyl (C=O) groups is 14. The first-order valence-corrected chi connectivity index (χ1v) is 37.4. The number of hydrogen-bond donors (Lipinski definition) is 14. The Kier molecular flexibility index (Phi) is 53.6. The van der Waals surface area contributed by atoms with Crippen LogP contribution in [0.25, 0.3) is 0 Å². The first-order chi connectivity index (χ1) is 51.7. The molecule has 1 fully saturated rings. The van der Waals surface area contributed by atoms with E-state index in [4.69, 9.17) is 30.9 Å². The minimum atomic E-state index is -1.57. The molecule has 0 aromatic heterocycles. The van der Waals surface area contributed by atoms with E-state index < -0.39 is 95.7 Å². The molecule has 0 spiro atoms. The third-order valence-electron chi connectivity index (χ3n) is 17.1. The maximum atomic E-state index is 14.0. The molecule has 0 unspecified atom stereocenters. The van der Waals surface area contributed by atoms with Crippen LogP contribution in [0.1, 0.15) is 162 Å². The first-order valence-electron chi connectivity index (χ1n) is 37.4. The lowest BCUT2D eigenvalue weighted by Crippen LogP contribution is -2.54. The van der Waals surface area contributed by atoms with Gasteiger partial charge >= 0.3 is 23.9 Å². The number of ether oxygens (including phenoxy) is 2. The fourth-order valence-corrected chi connectivity index (χ4v) is 11.0. The number of hydrogen-bond acceptors (Lipinski definition) is 27. The summed E-state index contributed by atoms with van der Waals surface area (Å²) in [5.74, 6) is -9.52. The van der Waals surface area contributed by atoms with Crippen LogP contribution < -0.4 is 32.7 Å². The van der Waals surface area contributed by atoms with E-state index in [0.717, 1.165) is 5.06 Å². The van der Waals surface area contributed by atoms with Gasteiger partial charge < -0.3 is 67.5 Å². The fraction of sp³-hybridized carbons (Fsp3) is 0.794. The second-order valence-corrected chi connectivity index (χ2v) is 26.8. The molecular weight excluding hydrogens is 1440 g/mol. The zero-order chi connectivity index (χ0) is 81.5. The molecule has 1 rings (SSSR count). The van der Waals surface area contributed by atoms with Gasteiger partial charge in [-0.15, -0.1) is 0 Å². The minimum Gasteiger partial charge on any atom is -0.481 e. The van der Waals surface area contributed by atoms with Crippen molar-refractivity contribution in [3.8, 4) is 0 Å². The second kappa shape index (κ2) is 58.9. The van der Waals surface area contributed by atoms with Gasteiger partial charge in [0.2, 0.25) is 59.1 Å². The van der Waals surface area contributed by atoms with Crippen LogP contribution in [0.15, 0.2) is 0 Å². The van der Waals surface area contributed by atoms with Gasteiger partial charge in [-0.3, -0.25) is 108 Å². The molecule has 1 aliphatic heterocycles. The van der Waals surface area contributed by atoms with Crippen molar-refractivity contribution in [2.75, 3.05) is 177 Å². The Balaban J connectivity index is 2.52. The van der Waals surface area contributed by atoms with Gasteiger partial charge in [-0.05, 0) is 104 Å². The number of nitrogens with one attached hydrogen (secondary N) is 4. The maximum Gasteiger partial charge on any atom is 0.317 e. The van der Waals surface area contributed by atoms with Crippen LogP contribution in [0.2, 0.25) is 0 Å². The largest absolute Gasteiger partial charge is 0.481 e. The Morgan fingerprint density at radius 2 is 0.798 bits per heavy atom. The second-order valence-electron chi connectivity index (χ2n) is 26.8. The number of unbranched alkanes of at least 4 members (excludes halogenated alkanes) is 7. The summed E-state index contributed by atoms with van der Waals surface area (Å²) in [4.78, 5) is 187. The first kappa shape index (κ1) is 99.1. The standard InChI is InChI=1S/C68H124N16O25/c1-53(85)80(103)32-12-4-8-28-72-56(87)22-23-60(91)81(104)34-14-6-11-31-79(68(2,3)109-84(44-48-107-45-26-69)62(93)20-16-21-63(94)95)58(89)24-25-61(92)82(105)33-13-5-9-27-71-55(86)18-15-19-59(90)83(106)43-47-108-46-30-74-67(102)54(70)17-7-10-29-73-57(88)49-75-35-37-76(50-64(96)97)39-41-78(52-66(100)101)42-40-77(38-36-75)51-65(98)99/h54,103-106H,4-52,69-70H2,1-3H3,(H,71,86)(H,72,87)(H,73,88)(H,74,102)(H,94,95)(H,96,97)(H,98,99)(H,100,101)/t54-/m0/s1. The molecule has 16 N–H and O–H groups in total. The maximum absolute atomic E-state index is 14.0. The SMILES string of the molecule is CC(=O)N(O)CCCCCNC(=O)CCC(=O)N(O)CCCCCN(C(=O)CCC(=O)N(O)CCCCCNC(=O)CCCC(=O)N(O)CCOCCNC(=O)[C@@H](N)CCCCNC(=O)CN1CCN(CC(=O)O)CCN(CC(=O)O)CCN(CC(=O)O)CC1)C(C)(C)ON(CCOCCN)C(=O)CCCC(=O)O. The summed E-state index contributed by atoms with van der Waals surface area (Å²) in [6, 6.07) is -0.853. The molecule has 1 heterocycles. The molecule has 41 nitrogen and oxygen atoms in total. The average molecular weight is 1570 g/mol. The molecule has 109 heavy (non-hydrogen) atoms. The van der Waals surface area contributed by atoms with Gasteiger partial charge in [-0.25, -0.2) is 30.2 Å². The number of carboxylic acids is 4. The molecule has 626 valence electrons. The molecular formula is C68H124N16O25. The average Bonchev–Trinajstić information content (AvgIpc) is 0.825. The van der Waals surface area contributed by atoms with Crippen molar-refractivity contribution in [3.05, 3.63) is 0 Å². The van der Waals surface area contributed by atoms with E-state index in [0.29, 0.717) is 91.0 Å². The lowest BCUT2D eigenvalue weighted by atomic mass is 10.1. The Morgan fingerprint density at radius 1 is 0.394 bits per heavy atom. The highest BCUT2D eigenvalue weighted by Gasteiger charge is 2.36. The molecule has 0 aromatic carbocycles. The predicted octanol–water partition coefficient (Wildman–Crippen LogP) is -1.87. The number of hydroxylamine groups is 10. The lowest BCUT2D eigenvalue weighted by Gasteiger charge is -2.41. The van der Waals surface area contributed by atoms with Crippen molar-refractivity contribution >= 4 is 82.9 Å². The number of nitrogens with two attached hydrogens (primary N) is 2. The number of carbonyl (C=O) groups excluding carboxylic acids is 10.